The van der Waals surface area contributed by atoms with Gasteiger partial charge in [-0.05, 0) is 12.7 Å². The summed E-state index contributed by atoms with van der Waals surface area (Å²) in [5.74, 6) is 0.831. The molecule has 1 rings (SSSR count). The van der Waals surface area contributed by atoms with Crippen LogP contribution in [0.1, 0.15) is 58.3 Å². The summed E-state index contributed by atoms with van der Waals surface area (Å²) in [7, 11) is 0. The second-order valence-electron chi connectivity index (χ2n) is 4.96. The van der Waals surface area contributed by atoms with Crippen molar-refractivity contribution in [2.45, 2.75) is 63.4 Å². The van der Waals surface area contributed by atoms with Gasteiger partial charge in [0, 0.05) is 12.6 Å². The minimum Gasteiger partial charge on any atom is -0.370 e. The van der Waals surface area contributed by atoms with Crippen LogP contribution in [-0.2, 0) is 0 Å². The highest BCUT2D eigenvalue weighted by Gasteiger charge is 2.01. The number of hydrogen-bond donors (Lipinski definition) is 1. The smallest absolute Gasteiger partial charge is 0.190 e. The van der Waals surface area contributed by atoms with Crippen molar-refractivity contribution in [2.75, 3.05) is 18.1 Å². The Balaban J connectivity index is 2.08. The van der Waals surface area contributed by atoms with Crippen LogP contribution in [0, 0.1) is 0 Å². The lowest BCUT2D eigenvalue weighted by Crippen LogP contribution is -2.04. The molecule has 0 aliphatic carbocycles. The van der Waals surface area contributed by atoms with E-state index in [0.29, 0.717) is 5.15 Å². The fourth-order valence-electron chi connectivity index (χ4n) is 2.05. The van der Waals surface area contributed by atoms with E-state index in [1.165, 1.54) is 63.1 Å². The van der Waals surface area contributed by atoms with Gasteiger partial charge in [-0.3, -0.25) is 0 Å². The first-order valence-corrected chi connectivity index (χ1v) is 9.19. The van der Waals surface area contributed by atoms with E-state index >= 15 is 0 Å². The molecule has 1 heterocycles. The third-order valence-corrected chi connectivity index (χ3v) is 3.93. The molecule has 0 atom stereocenters. The normalized spacial score (nSPS) is 10.8. The van der Waals surface area contributed by atoms with Gasteiger partial charge in [0.1, 0.15) is 11.0 Å². The number of anilines is 1. The third-order valence-electron chi connectivity index (χ3n) is 3.19. The van der Waals surface area contributed by atoms with Gasteiger partial charge in [-0.25, -0.2) is 9.97 Å². The number of rotatable bonds is 11. The SMILES string of the molecule is CCCCCCCCCCNc1cc(Cl)nc(SC)n1. The highest BCUT2D eigenvalue weighted by atomic mass is 35.5. The number of hydrogen-bond acceptors (Lipinski definition) is 4. The van der Waals surface area contributed by atoms with E-state index in [1.807, 2.05) is 6.26 Å². The molecule has 1 aromatic rings. The number of unbranched alkanes of at least 4 members (excludes halogenated alkanes) is 7. The lowest BCUT2D eigenvalue weighted by atomic mass is 10.1. The van der Waals surface area contributed by atoms with Crippen molar-refractivity contribution in [3.8, 4) is 0 Å². The Labute approximate surface area is 132 Å². The van der Waals surface area contributed by atoms with Crippen LogP contribution in [0.25, 0.3) is 0 Å². The zero-order chi connectivity index (χ0) is 14.6. The number of aromatic nitrogens is 2. The first-order valence-electron chi connectivity index (χ1n) is 7.58. The van der Waals surface area contributed by atoms with Crippen molar-refractivity contribution in [2.24, 2.45) is 0 Å². The van der Waals surface area contributed by atoms with Crippen LogP contribution in [-0.4, -0.2) is 22.8 Å². The number of nitrogens with zero attached hydrogens (tertiary/aromatic N) is 2. The van der Waals surface area contributed by atoms with Gasteiger partial charge in [-0.1, -0.05) is 75.2 Å². The van der Waals surface area contributed by atoms with E-state index in [-0.39, 0.29) is 0 Å². The van der Waals surface area contributed by atoms with Crippen molar-refractivity contribution >= 4 is 29.2 Å². The third kappa shape index (κ3) is 7.95. The highest BCUT2D eigenvalue weighted by Crippen LogP contribution is 2.17. The largest absolute Gasteiger partial charge is 0.370 e. The van der Waals surface area contributed by atoms with Crippen LogP contribution in [0.5, 0.6) is 0 Å². The Morgan fingerprint density at radius 1 is 1.05 bits per heavy atom. The fourth-order valence-corrected chi connectivity index (χ4v) is 2.67. The molecule has 1 N–H and O–H groups in total. The van der Waals surface area contributed by atoms with E-state index in [9.17, 15) is 0 Å². The highest BCUT2D eigenvalue weighted by molar-refractivity contribution is 7.98. The van der Waals surface area contributed by atoms with E-state index in [4.69, 9.17) is 11.6 Å². The minimum absolute atomic E-state index is 0.503. The van der Waals surface area contributed by atoms with Crippen LogP contribution in [0.4, 0.5) is 5.82 Å². The maximum atomic E-state index is 5.95. The Bertz CT molecular complexity index is 374. The predicted molar refractivity (Wildman–Crippen MR) is 89.9 cm³/mol. The van der Waals surface area contributed by atoms with Gasteiger partial charge < -0.3 is 5.32 Å². The number of halogens is 1. The summed E-state index contributed by atoms with van der Waals surface area (Å²) in [5.41, 5.74) is 0. The first-order chi connectivity index (χ1) is 9.76. The zero-order valence-electron chi connectivity index (χ0n) is 12.6. The topological polar surface area (TPSA) is 37.8 Å². The molecule has 0 bridgehead atoms. The second kappa shape index (κ2) is 11.2. The molecule has 1 aromatic heterocycles. The summed E-state index contributed by atoms with van der Waals surface area (Å²) in [6.45, 7) is 3.21. The Hall–Kier alpha value is -0.480. The lowest BCUT2D eigenvalue weighted by Gasteiger charge is -2.07. The molecule has 20 heavy (non-hydrogen) atoms. The van der Waals surface area contributed by atoms with Crippen molar-refractivity contribution < 1.29 is 0 Å². The van der Waals surface area contributed by atoms with Crippen molar-refractivity contribution in [3.05, 3.63) is 11.2 Å². The number of thioether (sulfide) groups is 1. The molecule has 0 fully saturated rings. The standard InChI is InChI=1S/C15H26ClN3S/c1-3-4-5-6-7-8-9-10-11-17-14-12-13(16)18-15(19-14)20-2/h12H,3-11H2,1-2H3,(H,17,18,19). The summed E-state index contributed by atoms with van der Waals surface area (Å²) in [6.07, 6.45) is 12.6. The summed E-state index contributed by atoms with van der Waals surface area (Å²) < 4.78 is 0. The molecular weight excluding hydrogens is 290 g/mol. The second-order valence-corrected chi connectivity index (χ2v) is 6.12. The van der Waals surface area contributed by atoms with Crippen LogP contribution in [0.3, 0.4) is 0 Å². The molecule has 0 aliphatic rings. The molecule has 0 saturated heterocycles. The van der Waals surface area contributed by atoms with Crippen LogP contribution in [0.15, 0.2) is 11.2 Å². The molecule has 0 unspecified atom stereocenters. The molecule has 5 heteroatoms. The zero-order valence-corrected chi connectivity index (χ0v) is 14.2. The molecule has 0 aliphatic heterocycles. The maximum absolute atomic E-state index is 5.95. The molecule has 0 spiro atoms. The van der Waals surface area contributed by atoms with Gasteiger partial charge in [-0.15, -0.1) is 0 Å². The molecule has 0 radical (unpaired) electrons. The number of nitrogens with one attached hydrogen (secondary N) is 1. The van der Waals surface area contributed by atoms with Crippen molar-refractivity contribution in [1.29, 1.82) is 0 Å². The fraction of sp³-hybridized carbons (Fsp3) is 0.733. The quantitative estimate of drug-likeness (QED) is 0.256. The average molecular weight is 316 g/mol. The van der Waals surface area contributed by atoms with Gasteiger partial charge in [0.15, 0.2) is 5.16 Å². The van der Waals surface area contributed by atoms with E-state index in [1.54, 1.807) is 6.07 Å². The summed E-state index contributed by atoms with van der Waals surface area (Å²) in [4.78, 5) is 8.50. The van der Waals surface area contributed by atoms with E-state index < -0.39 is 0 Å². The van der Waals surface area contributed by atoms with E-state index in [0.717, 1.165) is 17.5 Å². The van der Waals surface area contributed by atoms with Gasteiger partial charge >= 0.3 is 0 Å². The van der Waals surface area contributed by atoms with Crippen LogP contribution in [0.2, 0.25) is 5.15 Å². The molecule has 0 saturated carbocycles. The molecule has 3 nitrogen and oxygen atoms in total. The molecular formula is C15H26ClN3S. The van der Waals surface area contributed by atoms with Gasteiger partial charge in [0.25, 0.3) is 0 Å². The predicted octanol–water partition coefficient (Wildman–Crippen LogP) is 5.40. The Kier molecular flexibility index (Phi) is 9.85. The van der Waals surface area contributed by atoms with Crippen LogP contribution >= 0.6 is 23.4 Å². The van der Waals surface area contributed by atoms with Gasteiger partial charge in [-0.2, -0.15) is 0 Å². The van der Waals surface area contributed by atoms with Crippen molar-refractivity contribution in [1.82, 2.24) is 9.97 Å². The minimum atomic E-state index is 0.503. The molecule has 0 amide bonds. The van der Waals surface area contributed by atoms with Crippen LogP contribution < -0.4 is 5.32 Å². The monoisotopic (exact) mass is 315 g/mol. The molecule has 114 valence electrons. The maximum Gasteiger partial charge on any atom is 0.190 e. The van der Waals surface area contributed by atoms with Gasteiger partial charge in [0.2, 0.25) is 0 Å². The molecule has 0 aromatic carbocycles. The Morgan fingerprint density at radius 3 is 2.35 bits per heavy atom. The lowest BCUT2D eigenvalue weighted by molar-refractivity contribution is 0.581. The van der Waals surface area contributed by atoms with Crippen molar-refractivity contribution in [3.63, 3.8) is 0 Å². The summed E-state index contributed by atoms with van der Waals surface area (Å²) in [5, 5.41) is 4.54. The first kappa shape index (κ1) is 17.6. The van der Waals surface area contributed by atoms with Gasteiger partial charge in [0.05, 0.1) is 0 Å². The Morgan fingerprint density at radius 2 is 1.70 bits per heavy atom. The summed E-state index contributed by atoms with van der Waals surface area (Å²) in [6, 6.07) is 1.78. The van der Waals surface area contributed by atoms with E-state index in [2.05, 4.69) is 22.2 Å². The summed E-state index contributed by atoms with van der Waals surface area (Å²) >= 11 is 7.45. The average Bonchev–Trinajstić information content (AvgIpc) is 2.45.